The highest BCUT2D eigenvalue weighted by atomic mass is 16.6. The Morgan fingerprint density at radius 1 is 1.45 bits per heavy atom. The van der Waals surface area contributed by atoms with Gasteiger partial charge in [-0.05, 0) is 37.8 Å². The number of aryl methyl sites for hydroxylation is 3. The minimum absolute atomic E-state index is 0.192. The molecule has 1 N–H and O–H groups in total. The van der Waals surface area contributed by atoms with Gasteiger partial charge in [-0.25, -0.2) is 0 Å². The molecule has 0 radical (unpaired) electrons. The number of aromatic amines is 1. The van der Waals surface area contributed by atoms with Crippen LogP contribution in [0.3, 0.4) is 0 Å². The van der Waals surface area contributed by atoms with Gasteiger partial charge in [-0.3, -0.25) is 10.1 Å². The molecular formula is C15H18N2O3. The van der Waals surface area contributed by atoms with Gasteiger partial charge in [0.2, 0.25) is 0 Å². The molecule has 0 amide bonds. The van der Waals surface area contributed by atoms with Crippen LogP contribution in [0.2, 0.25) is 0 Å². The van der Waals surface area contributed by atoms with Gasteiger partial charge in [0.15, 0.2) is 0 Å². The molecule has 0 aliphatic heterocycles. The summed E-state index contributed by atoms with van der Waals surface area (Å²) in [5.41, 5.74) is 5.27. The minimum atomic E-state index is -0.306. The normalized spacial score (nSPS) is 18.2. The summed E-state index contributed by atoms with van der Waals surface area (Å²) in [6, 6.07) is 1.68. The summed E-state index contributed by atoms with van der Waals surface area (Å²) in [6.45, 7) is 3.76. The van der Waals surface area contributed by atoms with E-state index in [-0.39, 0.29) is 16.7 Å². The van der Waals surface area contributed by atoms with E-state index in [1.807, 2.05) is 13.8 Å². The minimum Gasteiger partial charge on any atom is -0.381 e. The van der Waals surface area contributed by atoms with Crippen LogP contribution in [0.4, 0.5) is 5.69 Å². The van der Waals surface area contributed by atoms with Gasteiger partial charge in [-0.1, -0.05) is 0 Å². The Morgan fingerprint density at radius 3 is 2.85 bits per heavy atom. The Kier molecular flexibility index (Phi) is 3.01. The number of H-pyrrole nitrogens is 1. The fourth-order valence-electron chi connectivity index (χ4n) is 3.29. The molecule has 0 bridgehead atoms. The van der Waals surface area contributed by atoms with E-state index in [0.29, 0.717) is 0 Å². The van der Waals surface area contributed by atoms with Crippen LogP contribution in [0, 0.1) is 24.0 Å². The zero-order valence-corrected chi connectivity index (χ0v) is 11.9. The van der Waals surface area contributed by atoms with Gasteiger partial charge in [0.25, 0.3) is 5.69 Å². The molecule has 1 atom stereocenters. The zero-order chi connectivity index (χ0) is 14.4. The monoisotopic (exact) mass is 274 g/mol. The van der Waals surface area contributed by atoms with Crippen molar-refractivity contribution in [1.29, 1.82) is 0 Å². The second-order valence-corrected chi connectivity index (χ2v) is 5.53. The largest absolute Gasteiger partial charge is 0.381 e. The topological polar surface area (TPSA) is 68.2 Å². The number of benzene rings is 1. The second kappa shape index (κ2) is 4.59. The smallest absolute Gasteiger partial charge is 0.274 e. The van der Waals surface area contributed by atoms with E-state index in [0.717, 1.165) is 41.3 Å². The predicted octanol–water partition coefficient (Wildman–Crippen LogP) is 3.20. The van der Waals surface area contributed by atoms with E-state index in [9.17, 15) is 10.1 Å². The highest BCUT2D eigenvalue weighted by Crippen LogP contribution is 2.37. The van der Waals surface area contributed by atoms with Crippen LogP contribution in [0.5, 0.6) is 0 Å². The maximum absolute atomic E-state index is 11.1. The molecular weight excluding hydrogens is 256 g/mol. The van der Waals surface area contributed by atoms with Gasteiger partial charge in [-0.15, -0.1) is 0 Å². The molecule has 2 aromatic rings. The summed E-state index contributed by atoms with van der Waals surface area (Å²) in [5, 5.41) is 12.3. The third-order valence-electron chi connectivity index (χ3n) is 4.38. The summed E-state index contributed by atoms with van der Waals surface area (Å²) in [5.74, 6) is 0. The molecule has 0 saturated heterocycles. The first-order valence-corrected chi connectivity index (χ1v) is 6.83. The molecule has 1 heterocycles. The van der Waals surface area contributed by atoms with E-state index in [1.165, 1.54) is 11.3 Å². The van der Waals surface area contributed by atoms with Crippen molar-refractivity contribution >= 4 is 16.6 Å². The number of fused-ring (bicyclic) bond motifs is 3. The van der Waals surface area contributed by atoms with Crippen LogP contribution in [-0.4, -0.2) is 23.1 Å². The molecule has 0 spiro atoms. The standard InChI is InChI=1S/C15H18N2O3/c1-8-6-13(17(18)19)9(2)15-14(8)11-7-10(20-3)4-5-12(11)16-15/h6,10,16H,4-5,7H2,1-3H3. The van der Waals surface area contributed by atoms with Crippen LogP contribution in [-0.2, 0) is 17.6 Å². The summed E-state index contributed by atoms with van der Waals surface area (Å²) in [6.07, 6.45) is 3.06. The molecule has 106 valence electrons. The van der Waals surface area contributed by atoms with Gasteiger partial charge in [0.05, 0.1) is 22.1 Å². The third-order valence-corrected chi connectivity index (χ3v) is 4.38. The van der Waals surface area contributed by atoms with Crippen LogP contribution in [0.1, 0.15) is 28.8 Å². The first-order chi connectivity index (χ1) is 9.52. The van der Waals surface area contributed by atoms with Crippen molar-refractivity contribution in [2.24, 2.45) is 0 Å². The van der Waals surface area contributed by atoms with Crippen LogP contribution in [0.15, 0.2) is 6.07 Å². The Hall–Kier alpha value is -1.88. The first kappa shape index (κ1) is 13.1. The summed E-state index contributed by atoms with van der Waals surface area (Å²) in [4.78, 5) is 14.2. The first-order valence-electron chi connectivity index (χ1n) is 6.83. The summed E-state index contributed by atoms with van der Waals surface area (Å²) >= 11 is 0. The van der Waals surface area contributed by atoms with Crippen molar-refractivity contribution < 1.29 is 9.66 Å². The fourth-order valence-corrected chi connectivity index (χ4v) is 3.29. The lowest BCUT2D eigenvalue weighted by atomic mass is 9.91. The average molecular weight is 274 g/mol. The molecule has 20 heavy (non-hydrogen) atoms. The lowest BCUT2D eigenvalue weighted by Crippen LogP contribution is -2.20. The Labute approximate surface area is 117 Å². The molecule has 5 heteroatoms. The van der Waals surface area contributed by atoms with Crippen LogP contribution >= 0.6 is 0 Å². The van der Waals surface area contributed by atoms with Crippen LogP contribution < -0.4 is 0 Å². The molecule has 1 aliphatic carbocycles. The van der Waals surface area contributed by atoms with Crippen molar-refractivity contribution in [3.63, 3.8) is 0 Å². The summed E-state index contributed by atoms with van der Waals surface area (Å²) in [7, 11) is 1.74. The molecule has 1 aromatic heterocycles. The average Bonchev–Trinajstić information content (AvgIpc) is 2.81. The second-order valence-electron chi connectivity index (χ2n) is 5.53. The number of aromatic nitrogens is 1. The molecule has 0 saturated carbocycles. The predicted molar refractivity (Wildman–Crippen MR) is 77.2 cm³/mol. The molecule has 3 rings (SSSR count). The van der Waals surface area contributed by atoms with Gasteiger partial charge in [0.1, 0.15) is 0 Å². The molecule has 5 nitrogen and oxygen atoms in total. The van der Waals surface area contributed by atoms with E-state index in [2.05, 4.69) is 4.98 Å². The number of nitro benzene ring substituents is 1. The quantitative estimate of drug-likeness (QED) is 0.675. The van der Waals surface area contributed by atoms with Gasteiger partial charge < -0.3 is 9.72 Å². The van der Waals surface area contributed by atoms with Crippen molar-refractivity contribution in [2.45, 2.75) is 39.2 Å². The van der Waals surface area contributed by atoms with Gasteiger partial charge >= 0.3 is 0 Å². The molecule has 1 unspecified atom stereocenters. The Balaban J connectivity index is 2.26. The van der Waals surface area contributed by atoms with E-state index >= 15 is 0 Å². The number of rotatable bonds is 2. The Morgan fingerprint density at radius 2 is 2.20 bits per heavy atom. The molecule has 0 fully saturated rings. The SMILES string of the molecule is COC1CCc2[nH]c3c(C)c([N+](=O)[O-])cc(C)c3c2C1. The lowest BCUT2D eigenvalue weighted by Gasteiger charge is -2.21. The summed E-state index contributed by atoms with van der Waals surface area (Å²) < 4.78 is 5.48. The number of nitrogens with zero attached hydrogens (tertiary/aromatic N) is 1. The van der Waals surface area contributed by atoms with E-state index < -0.39 is 0 Å². The van der Waals surface area contributed by atoms with E-state index in [1.54, 1.807) is 13.2 Å². The fraction of sp³-hybridized carbons (Fsp3) is 0.467. The zero-order valence-electron chi connectivity index (χ0n) is 11.9. The van der Waals surface area contributed by atoms with Crippen molar-refractivity contribution in [3.05, 3.63) is 38.6 Å². The lowest BCUT2D eigenvalue weighted by molar-refractivity contribution is -0.385. The van der Waals surface area contributed by atoms with Crippen molar-refractivity contribution in [3.8, 4) is 0 Å². The highest BCUT2D eigenvalue weighted by Gasteiger charge is 2.26. The van der Waals surface area contributed by atoms with Crippen molar-refractivity contribution in [2.75, 3.05) is 7.11 Å². The number of nitrogens with one attached hydrogen (secondary N) is 1. The van der Waals surface area contributed by atoms with Gasteiger partial charge in [0, 0.05) is 30.7 Å². The van der Waals surface area contributed by atoms with Crippen molar-refractivity contribution in [1.82, 2.24) is 4.98 Å². The maximum Gasteiger partial charge on any atom is 0.274 e. The number of nitro groups is 1. The molecule has 1 aromatic carbocycles. The third kappa shape index (κ3) is 1.81. The number of hydrogen-bond donors (Lipinski definition) is 1. The number of hydrogen-bond acceptors (Lipinski definition) is 3. The number of ether oxygens (including phenoxy) is 1. The highest BCUT2D eigenvalue weighted by molar-refractivity contribution is 5.93. The number of methoxy groups -OCH3 is 1. The van der Waals surface area contributed by atoms with E-state index in [4.69, 9.17) is 4.74 Å². The maximum atomic E-state index is 11.1. The van der Waals surface area contributed by atoms with Crippen LogP contribution in [0.25, 0.3) is 10.9 Å². The Bertz CT molecular complexity index is 703. The molecule has 1 aliphatic rings. The van der Waals surface area contributed by atoms with Gasteiger partial charge in [-0.2, -0.15) is 0 Å².